The van der Waals surface area contributed by atoms with Crippen LogP contribution in [0.3, 0.4) is 0 Å². The predicted octanol–water partition coefficient (Wildman–Crippen LogP) is 1.14. The maximum Gasteiger partial charge on any atom is 0.0866 e. The normalized spacial score (nSPS) is 29.7. The average molecular weight is 182 g/mol. The lowest BCUT2D eigenvalue weighted by Gasteiger charge is -2.28. The van der Waals surface area contributed by atoms with Gasteiger partial charge in [-0.05, 0) is 19.9 Å². The van der Waals surface area contributed by atoms with Crippen molar-refractivity contribution in [3.8, 4) is 6.07 Å². The summed E-state index contributed by atoms with van der Waals surface area (Å²) in [5.41, 5.74) is 0. The van der Waals surface area contributed by atoms with Gasteiger partial charge >= 0.3 is 0 Å². The molecule has 1 aliphatic rings. The maximum absolute atomic E-state index is 9.79. The minimum absolute atomic E-state index is 0.196. The summed E-state index contributed by atoms with van der Waals surface area (Å²) in [5, 5.41) is 18.3. The van der Waals surface area contributed by atoms with Crippen LogP contribution in [0.2, 0.25) is 0 Å². The molecule has 0 spiro atoms. The van der Waals surface area contributed by atoms with Gasteiger partial charge in [-0.25, -0.2) is 0 Å². The topological polar surface area (TPSA) is 47.3 Å². The van der Waals surface area contributed by atoms with Crippen LogP contribution >= 0.6 is 0 Å². The van der Waals surface area contributed by atoms with Gasteiger partial charge in [0.05, 0.1) is 18.7 Å². The van der Waals surface area contributed by atoms with E-state index in [0.29, 0.717) is 6.54 Å². The van der Waals surface area contributed by atoms with Crippen LogP contribution in [0.1, 0.15) is 32.1 Å². The van der Waals surface area contributed by atoms with Crippen molar-refractivity contribution in [1.29, 1.82) is 5.26 Å². The van der Waals surface area contributed by atoms with Crippen molar-refractivity contribution in [3.63, 3.8) is 0 Å². The third-order valence-electron chi connectivity index (χ3n) is 2.83. The van der Waals surface area contributed by atoms with Crippen LogP contribution in [0.5, 0.6) is 0 Å². The number of hydrogen-bond donors (Lipinski definition) is 1. The number of likely N-dealkylation sites (N-methyl/N-ethyl adjacent to an activating group) is 1. The first-order chi connectivity index (χ1) is 6.25. The minimum atomic E-state index is -0.235. The van der Waals surface area contributed by atoms with Crippen molar-refractivity contribution in [2.24, 2.45) is 0 Å². The highest BCUT2D eigenvalue weighted by atomic mass is 16.3. The Bertz CT molecular complexity index is 188. The summed E-state index contributed by atoms with van der Waals surface area (Å²) in [6.07, 6.45) is 5.20. The van der Waals surface area contributed by atoms with Gasteiger partial charge in [-0.15, -0.1) is 0 Å². The van der Waals surface area contributed by atoms with E-state index >= 15 is 0 Å². The fourth-order valence-electron chi connectivity index (χ4n) is 2.01. The Morgan fingerprint density at radius 2 is 2.08 bits per heavy atom. The van der Waals surface area contributed by atoms with Gasteiger partial charge in [-0.1, -0.05) is 19.3 Å². The molecule has 0 aromatic rings. The largest absolute Gasteiger partial charge is 0.391 e. The predicted molar refractivity (Wildman–Crippen MR) is 51.1 cm³/mol. The second-order valence-corrected chi connectivity index (χ2v) is 3.85. The highest BCUT2D eigenvalue weighted by molar-refractivity contribution is 4.85. The van der Waals surface area contributed by atoms with Crippen molar-refractivity contribution in [2.75, 3.05) is 13.6 Å². The van der Waals surface area contributed by atoms with E-state index in [1.54, 1.807) is 0 Å². The van der Waals surface area contributed by atoms with Crippen LogP contribution in [0.4, 0.5) is 0 Å². The average Bonchev–Trinajstić information content (AvgIpc) is 2.30. The summed E-state index contributed by atoms with van der Waals surface area (Å²) in [7, 11) is 1.92. The molecule has 1 N–H and O–H groups in total. The van der Waals surface area contributed by atoms with E-state index in [1.807, 2.05) is 11.9 Å². The monoisotopic (exact) mass is 182 g/mol. The third-order valence-corrected chi connectivity index (χ3v) is 2.83. The molecule has 0 aromatic carbocycles. The second-order valence-electron chi connectivity index (χ2n) is 3.85. The molecule has 3 nitrogen and oxygen atoms in total. The Balaban J connectivity index is 2.49. The first-order valence-corrected chi connectivity index (χ1v) is 5.01. The van der Waals surface area contributed by atoms with E-state index in [1.165, 1.54) is 12.8 Å². The number of hydrogen-bond acceptors (Lipinski definition) is 3. The zero-order valence-electron chi connectivity index (χ0n) is 8.24. The van der Waals surface area contributed by atoms with Gasteiger partial charge in [-0.3, -0.25) is 4.90 Å². The molecule has 0 saturated heterocycles. The number of nitriles is 1. The highest BCUT2D eigenvalue weighted by Gasteiger charge is 2.24. The van der Waals surface area contributed by atoms with Gasteiger partial charge in [0, 0.05) is 6.04 Å². The Morgan fingerprint density at radius 1 is 1.38 bits per heavy atom. The van der Waals surface area contributed by atoms with Crippen molar-refractivity contribution in [2.45, 2.75) is 44.2 Å². The van der Waals surface area contributed by atoms with Gasteiger partial charge in [0.2, 0.25) is 0 Å². The van der Waals surface area contributed by atoms with E-state index in [0.717, 1.165) is 19.3 Å². The standard InChI is InChI=1S/C10H18N2O/c1-12(8-7-11)9-5-3-2-4-6-10(9)13/h9-10,13H,2-6,8H2,1H3. The lowest BCUT2D eigenvalue weighted by atomic mass is 10.1. The minimum Gasteiger partial charge on any atom is -0.391 e. The van der Waals surface area contributed by atoms with Gasteiger partial charge in [0.1, 0.15) is 0 Å². The highest BCUT2D eigenvalue weighted by Crippen LogP contribution is 2.21. The molecule has 13 heavy (non-hydrogen) atoms. The molecule has 1 saturated carbocycles. The van der Waals surface area contributed by atoms with Crippen molar-refractivity contribution < 1.29 is 5.11 Å². The number of rotatable bonds is 2. The quantitative estimate of drug-likeness (QED) is 0.514. The van der Waals surface area contributed by atoms with Crippen molar-refractivity contribution in [3.05, 3.63) is 0 Å². The Morgan fingerprint density at radius 3 is 2.77 bits per heavy atom. The Hall–Kier alpha value is -0.590. The molecule has 1 aliphatic carbocycles. The number of aliphatic hydroxyl groups is 1. The van der Waals surface area contributed by atoms with E-state index in [2.05, 4.69) is 6.07 Å². The Labute approximate surface area is 80.0 Å². The first kappa shape index (κ1) is 10.5. The molecular formula is C10H18N2O. The first-order valence-electron chi connectivity index (χ1n) is 5.01. The second kappa shape index (κ2) is 5.21. The molecule has 1 rings (SSSR count). The summed E-state index contributed by atoms with van der Waals surface area (Å²) < 4.78 is 0. The van der Waals surface area contributed by atoms with E-state index in [-0.39, 0.29) is 12.1 Å². The molecule has 0 bridgehead atoms. The zero-order chi connectivity index (χ0) is 9.68. The van der Waals surface area contributed by atoms with E-state index in [9.17, 15) is 5.11 Å². The van der Waals surface area contributed by atoms with Crippen LogP contribution in [0.15, 0.2) is 0 Å². The van der Waals surface area contributed by atoms with Crippen molar-refractivity contribution in [1.82, 2.24) is 4.90 Å². The van der Waals surface area contributed by atoms with E-state index in [4.69, 9.17) is 5.26 Å². The van der Waals surface area contributed by atoms with Gasteiger partial charge in [-0.2, -0.15) is 5.26 Å². The molecule has 1 fully saturated rings. The number of aliphatic hydroxyl groups excluding tert-OH is 1. The third kappa shape index (κ3) is 2.98. The SMILES string of the molecule is CN(CC#N)C1CCCCCC1O. The molecule has 0 amide bonds. The molecule has 0 radical (unpaired) electrons. The summed E-state index contributed by atoms with van der Waals surface area (Å²) in [5.74, 6) is 0. The Kier molecular flexibility index (Phi) is 4.20. The molecule has 0 aromatic heterocycles. The molecule has 2 unspecified atom stereocenters. The maximum atomic E-state index is 9.79. The molecule has 0 heterocycles. The van der Waals surface area contributed by atoms with Crippen LogP contribution in [0.25, 0.3) is 0 Å². The smallest absolute Gasteiger partial charge is 0.0866 e. The molecule has 2 atom stereocenters. The fraction of sp³-hybridized carbons (Fsp3) is 0.900. The summed E-state index contributed by atoms with van der Waals surface area (Å²) in [6, 6.07) is 2.32. The molecule has 0 aliphatic heterocycles. The van der Waals surface area contributed by atoms with Gasteiger partial charge in [0.15, 0.2) is 0 Å². The van der Waals surface area contributed by atoms with Crippen LogP contribution in [-0.4, -0.2) is 35.7 Å². The summed E-state index contributed by atoms with van der Waals surface area (Å²) in [4.78, 5) is 1.97. The fourth-order valence-corrected chi connectivity index (χ4v) is 2.01. The molecular weight excluding hydrogens is 164 g/mol. The van der Waals surface area contributed by atoms with Gasteiger partial charge in [0.25, 0.3) is 0 Å². The van der Waals surface area contributed by atoms with Crippen LogP contribution in [-0.2, 0) is 0 Å². The number of nitrogens with zero attached hydrogens (tertiary/aromatic N) is 2. The summed E-state index contributed by atoms with van der Waals surface area (Å²) >= 11 is 0. The lowest BCUT2D eigenvalue weighted by molar-refractivity contribution is 0.0645. The summed E-state index contributed by atoms with van der Waals surface area (Å²) in [6.45, 7) is 0.418. The molecule has 74 valence electrons. The van der Waals surface area contributed by atoms with Gasteiger partial charge < -0.3 is 5.11 Å². The lowest BCUT2D eigenvalue weighted by Crippen LogP contribution is -2.40. The molecule has 3 heteroatoms. The van der Waals surface area contributed by atoms with Crippen LogP contribution < -0.4 is 0 Å². The van der Waals surface area contributed by atoms with Crippen molar-refractivity contribution >= 4 is 0 Å². The zero-order valence-corrected chi connectivity index (χ0v) is 8.24. The van der Waals surface area contributed by atoms with Crippen LogP contribution in [0, 0.1) is 11.3 Å². The van der Waals surface area contributed by atoms with E-state index < -0.39 is 0 Å².